The van der Waals surface area contributed by atoms with Gasteiger partial charge in [-0.2, -0.15) is 0 Å². The molecule has 1 unspecified atom stereocenters. The highest BCUT2D eigenvalue weighted by Crippen LogP contribution is 2.19. The highest BCUT2D eigenvalue weighted by Gasteiger charge is 2.29. The number of carbonyl (C=O) groups excluding carboxylic acids is 1. The van der Waals surface area contributed by atoms with Crippen molar-refractivity contribution in [2.45, 2.75) is 19.6 Å². The van der Waals surface area contributed by atoms with Gasteiger partial charge in [-0.25, -0.2) is 0 Å². The Bertz CT molecular complexity index is 405. The fourth-order valence-corrected chi connectivity index (χ4v) is 2.20. The minimum atomic E-state index is -0.127. The lowest BCUT2D eigenvalue weighted by Gasteiger charge is -2.12. The van der Waals surface area contributed by atoms with Crippen LogP contribution in [-0.2, 0) is 27.4 Å². The first-order valence-electron chi connectivity index (χ1n) is 5.96. The van der Waals surface area contributed by atoms with Crippen LogP contribution in [0.1, 0.15) is 17.9 Å². The average molecular weight is 254 g/mol. The molecule has 1 aliphatic heterocycles. The molecular formula is C12H18N2O4. The second kappa shape index (κ2) is 5.97. The molecule has 0 saturated carbocycles. The van der Waals surface area contributed by atoms with Gasteiger partial charge in [0.25, 0.3) is 0 Å². The van der Waals surface area contributed by atoms with E-state index in [1.807, 2.05) is 6.07 Å². The van der Waals surface area contributed by atoms with Crippen LogP contribution in [0.4, 0.5) is 0 Å². The number of aromatic nitrogens is 1. The van der Waals surface area contributed by atoms with E-state index in [9.17, 15) is 4.79 Å². The number of esters is 1. The molecule has 1 atom stereocenters. The molecule has 0 bridgehead atoms. The summed E-state index contributed by atoms with van der Waals surface area (Å²) >= 11 is 0. The minimum absolute atomic E-state index is 0.0136. The van der Waals surface area contributed by atoms with Gasteiger partial charge in [0.05, 0.1) is 18.7 Å². The van der Waals surface area contributed by atoms with E-state index in [0.29, 0.717) is 13.2 Å². The first-order chi connectivity index (χ1) is 8.72. The third kappa shape index (κ3) is 3.08. The molecule has 0 radical (unpaired) electrons. The SMILES string of the molecule is COCc1cc(CN2CCC(C(=O)OC)C2)no1. The smallest absolute Gasteiger partial charge is 0.310 e. The number of methoxy groups -OCH3 is 2. The van der Waals surface area contributed by atoms with Crippen LogP contribution in [0.15, 0.2) is 10.6 Å². The van der Waals surface area contributed by atoms with Gasteiger partial charge >= 0.3 is 5.97 Å². The summed E-state index contributed by atoms with van der Waals surface area (Å²) in [5, 5.41) is 3.98. The maximum Gasteiger partial charge on any atom is 0.310 e. The first-order valence-corrected chi connectivity index (χ1v) is 5.96. The summed E-state index contributed by atoms with van der Waals surface area (Å²) in [6.45, 7) is 2.73. The monoisotopic (exact) mass is 254 g/mol. The van der Waals surface area contributed by atoms with E-state index in [1.54, 1.807) is 7.11 Å². The highest BCUT2D eigenvalue weighted by molar-refractivity contribution is 5.72. The molecule has 1 aromatic heterocycles. The number of hydrogen-bond acceptors (Lipinski definition) is 6. The lowest BCUT2D eigenvalue weighted by Crippen LogP contribution is -2.23. The van der Waals surface area contributed by atoms with Gasteiger partial charge in [-0.3, -0.25) is 9.69 Å². The molecule has 0 spiro atoms. The third-order valence-electron chi connectivity index (χ3n) is 3.09. The molecule has 2 rings (SSSR count). The van der Waals surface area contributed by atoms with E-state index in [4.69, 9.17) is 14.0 Å². The number of likely N-dealkylation sites (tertiary alicyclic amines) is 1. The lowest BCUT2D eigenvalue weighted by atomic mass is 10.1. The summed E-state index contributed by atoms with van der Waals surface area (Å²) in [4.78, 5) is 13.6. The highest BCUT2D eigenvalue weighted by atomic mass is 16.5. The summed E-state index contributed by atoms with van der Waals surface area (Å²) in [6, 6.07) is 1.88. The van der Waals surface area contributed by atoms with E-state index in [2.05, 4.69) is 10.1 Å². The predicted octanol–water partition coefficient (Wildman–Crippen LogP) is 0.816. The third-order valence-corrected chi connectivity index (χ3v) is 3.09. The summed E-state index contributed by atoms with van der Waals surface area (Å²) in [5.41, 5.74) is 0.868. The second-order valence-corrected chi connectivity index (χ2v) is 4.46. The molecule has 0 aromatic carbocycles. The topological polar surface area (TPSA) is 64.8 Å². The van der Waals surface area contributed by atoms with Crippen LogP contribution in [-0.4, -0.2) is 43.3 Å². The molecular weight excluding hydrogens is 236 g/mol. The van der Waals surface area contributed by atoms with Gasteiger partial charge in [0.1, 0.15) is 6.61 Å². The van der Waals surface area contributed by atoms with Gasteiger partial charge in [-0.1, -0.05) is 5.16 Å². The number of rotatable bonds is 5. The van der Waals surface area contributed by atoms with Crippen LogP contribution in [0.5, 0.6) is 0 Å². The van der Waals surface area contributed by atoms with Gasteiger partial charge in [0, 0.05) is 26.3 Å². The Balaban J connectivity index is 1.85. The maximum atomic E-state index is 11.4. The first kappa shape index (κ1) is 13.0. The number of hydrogen-bond donors (Lipinski definition) is 0. The molecule has 2 heterocycles. The summed E-state index contributed by atoms with van der Waals surface area (Å²) < 4.78 is 14.8. The number of carbonyl (C=O) groups is 1. The molecule has 0 N–H and O–H groups in total. The van der Waals surface area contributed by atoms with E-state index in [0.717, 1.165) is 31.0 Å². The second-order valence-electron chi connectivity index (χ2n) is 4.46. The quantitative estimate of drug-likeness (QED) is 0.725. The van der Waals surface area contributed by atoms with Crippen molar-refractivity contribution in [3.8, 4) is 0 Å². The molecule has 1 aromatic rings. The van der Waals surface area contributed by atoms with Crippen LogP contribution in [0, 0.1) is 5.92 Å². The molecule has 18 heavy (non-hydrogen) atoms. The van der Waals surface area contributed by atoms with Crippen LogP contribution in [0.2, 0.25) is 0 Å². The summed E-state index contributed by atoms with van der Waals surface area (Å²) in [5.74, 6) is 0.578. The summed E-state index contributed by atoms with van der Waals surface area (Å²) in [6.07, 6.45) is 0.843. The van der Waals surface area contributed by atoms with Crippen molar-refractivity contribution in [3.05, 3.63) is 17.5 Å². The standard InChI is InChI=1S/C12H18N2O4/c1-16-8-11-5-10(13-18-11)7-14-4-3-9(6-14)12(15)17-2/h5,9H,3-4,6-8H2,1-2H3. The largest absolute Gasteiger partial charge is 0.469 e. The van der Waals surface area contributed by atoms with E-state index in [-0.39, 0.29) is 11.9 Å². The van der Waals surface area contributed by atoms with Crippen molar-refractivity contribution in [2.24, 2.45) is 5.92 Å². The Morgan fingerprint density at radius 3 is 3.17 bits per heavy atom. The molecule has 0 amide bonds. The van der Waals surface area contributed by atoms with Crippen LogP contribution in [0.3, 0.4) is 0 Å². The lowest BCUT2D eigenvalue weighted by molar-refractivity contribution is -0.144. The maximum absolute atomic E-state index is 11.4. The van der Waals surface area contributed by atoms with E-state index >= 15 is 0 Å². The Labute approximate surface area is 106 Å². The average Bonchev–Trinajstić information content (AvgIpc) is 2.99. The van der Waals surface area contributed by atoms with E-state index in [1.165, 1.54) is 7.11 Å². The zero-order chi connectivity index (χ0) is 13.0. The fraction of sp³-hybridized carbons (Fsp3) is 0.667. The van der Waals surface area contributed by atoms with Crippen molar-refractivity contribution in [2.75, 3.05) is 27.3 Å². The Hall–Kier alpha value is -1.40. The zero-order valence-electron chi connectivity index (χ0n) is 10.7. The van der Waals surface area contributed by atoms with Crippen LogP contribution >= 0.6 is 0 Å². The van der Waals surface area contributed by atoms with Gasteiger partial charge in [-0.15, -0.1) is 0 Å². The van der Waals surface area contributed by atoms with Gasteiger partial charge < -0.3 is 14.0 Å². The molecule has 100 valence electrons. The number of ether oxygens (including phenoxy) is 2. The molecule has 1 saturated heterocycles. The van der Waals surface area contributed by atoms with Crippen LogP contribution < -0.4 is 0 Å². The Morgan fingerprint density at radius 1 is 1.61 bits per heavy atom. The molecule has 1 fully saturated rings. The molecule has 0 aliphatic carbocycles. The van der Waals surface area contributed by atoms with Crippen molar-refractivity contribution < 1.29 is 18.8 Å². The zero-order valence-corrected chi connectivity index (χ0v) is 10.7. The van der Waals surface area contributed by atoms with E-state index < -0.39 is 0 Å². The van der Waals surface area contributed by atoms with Crippen LogP contribution in [0.25, 0.3) is 0 Å². The fourth-order valence-electron chi connectivity index (χ4n) is 2.20. The number of nitrogens with zero attached hydrogens (tertiary/aromatic N) is 2. The Morgan fingerprint density at radius 2 is 2.44 bits per heavy atom. The van der Waals surface area contributed by atoms with Gasteiger partial charge in [0.2, 0.25) is 0 Å². The predicted molar refractivity (Wildman–Crippen MR) is 62.6 cm³/mol. The van der Waals surface area contributed by atoms with Crippen molar-refractivity contribution >= 4 is 5.97 Å². The molecule has 6 heteroatoms. The van der Waals surface area contributed by atoms with Crippen molar-refractivity contribution in [3.63, 3.8) is 0 Å². The molecule has 1 aliphatic rings. The normalized spacial score (nSPS) is 20.2. The summed E-state index contributed by atoms with van der Waals surface area (Å²) in [7, 11) is 3.04. The molecule has 6 nitrogen and oxygen atoms in total. The minimum Gasteiger partial charge on any atom is -0.469 e. The Kier molecular flexibility index (Phi) is 4.33. The van der Waals surface area contributed by atoms with Gasteiger partial charge in [0.15, 0.2) is 5.76 Å². The van der Waals surface area contributed by atoms with Gasteiger partial charge in [-0.05, 0) is 13.0 Å². The van der Waals surface area contributed by atoms with Crippen molar-refractivity contribution in [1.82, 2.24) is 10.1 Å². The van der Waals surface area contributed by atoms with Crippen molar-refractivity contribution in [1.29, 1.82) is 0 Å².